The van der Waals surface area contributed by atoms with E-state index in [1.807, 2.05) is 6.08 Å². The van der Waals surface area contributed by atoms with E-state index in [4.69, 9.17) is 19.4 Å². The van der Waals surface area contributed by atoms with Crippen molar-refractivity contribution in [2.24, 2.45) is 0 Å². The van der Waals surface area contributed by atoms with E-state index in [2.05, 4.69) is 28.3 Å². The molecule has 0 radical (unpaired) electrons. The Morgan fingerprint density at radius 2 is 2.23 bits per heavy atom. The van der Waals surface area contributed by atoms with Crippen LogP contribution in [0.3, 0.4) is 0 Å². The average molecular weight is 393 g/mol. The number of nitrogens with zero attached hydrogens (tertiary/aromatic N) is 1. The summed E-state index contributed by atoms with van der Waals surface area (Å²) in [4.78, 5) is 11.5. The summed E-state index contributed by atoms with van der Waals surface area (Å²) in [7, 11) is 0. The fourth-order valence-electron chi connectivity index (χ4n) is 3.18. The number of thiophene rings is 1. The van der Waals surface area contributed by atoms with E-state index < -0.39 is 12.1 Å². The Hall–Kier alpha value is -1.42. The second-order valence-corrected chi connectivity index (χ2v) is 6.83. The summed E-state index contributed by atoms with van der Waals surface area (Å²) in [5.74, 6) is -2.76. The minimum atomic E-state index is -5.08. The van der Waals surface area contributed by atoms with Crippen LogP contribution in [0.1, 0.15) is 18.4 Å². The van der Waals surface area contributed by atoms with Crippen LogP contribution in [0.4, 0.5) is 13.2 Å². The molecule has 0 unspecified atom stereocenters. The zero-order valence-electron chi connectivity index (χ0n) is 14.2. The van der Waals surface area contributed by atoms with Crippen LogP contribution < -0.4 is 0 Å². The molecule has 1 aliphatic carbocycles. The first-order valence-corrected chi connectivity index (χ1v) is 9.16. The third-order valence-electron chi connectivity index (χ3n) is 4.29. The van der Waals surface area contributed by atoms with Gasteiger partial charge in [-0.05, 0) is 35.2 Å². The highest BCUT2D eigenvalue weighted by Gasteiger charge is 2.43. The van der Waals surface area contributed by atoms with Gasteiger partial charge in [-0.1, -0.05) is 6.08 Å². The van der Waals surface area contributed by atoms with Crippen molar-refractivity contribution in [1.82, 2.24) is 4.90 Å². The van der Waals surface area contributed by atoms with E-state index in [9.17, 15) is 13.2 Å². The molecular weight excluding hydrogens is 371 g/mol. The lowest BCUT2D eigenvalue weighted by Crippen LogP contribution is -2.51. The van der Waals surface area contributed by atoms with Gasteiger partial charge < -0.3 is 14.6 Å². The third kappa shape index (κ3) is 5.80. The van der Waals surface area contributed by atoms with E-state index in [1.54, 1.807) is 11.3 Å². The SMILES string of the molecule is C=CCO[C@@H]1CC[C@H]2[C@H]1OCCN2Cc1ccsc1.O=C(O)C(F)(F)F. The van der Waals surface area contributed by atoms with Gasteiger partial charge in [0.05, 0.1) is 25.4 Å². The number of hydrogen-bond donors (Lipinski definition) is 1. The summed E-state index contributed by atoms with van der Waals surface area (Å²) < 4.78 is 43.5. The summed E-state index contributed by atoms with van der Waals surface area (Å²) in [6.45, 7) is 7.24. The maximum Gasteiger partial charge on any atom is 0.490 e. The van der Waals surface area contributed by atoms with Gasteiger partial charge in [0.1, 0.15) is 0 Å². The zero-order valence-corrected chi connectivity index (χ0v) is 15.0. The van der Waals surface area contributed by atoms with Crippen LogP contribution >= 0.6 is 11.3 Å². The van der Waals surface area contributed by atoms with E-state index >= 15 is 0 Å². The molecule has 1 saturated carbocycles. The van der Waals surface area contributed by atoms with Gasteiger partial charge in [0.2, 0.25) is 0 Å². The Kier molecular flexibility index (Phi) is 7.63. The molecule has 0 bridgehead atoms. The molecule has 1 aromatic heterocycles. The molecule has 1 N–H and O–H groups in total. The van der Waals surface area contributed by atoms with Crippen LogP contribution in [0.5, 0.6) is 0 Å². The molecule has 0 spiro atoms. The van der Waals surface area contributed by atoms with E-state index in [0.717, 1.165) is 26.1 Å². The van der Waals surface area contributed by atoms with Crippen LogP contribution in [0.2, 0.25) is 0 Å². The van der Waals surface area contributed by atoms with Crippen LogP contribution in [0.25, 0.3) is 0 Å². The number of rotatable bonds is 5. The van der Waals surface area contributed by atoms with Crippen molar-refractivity contribution in [3.05, 3.63) is 35.0 Å². The van der Waals surface area contributed by atoms with Crippen molar-refractivity contribution < 1.29 is 32.5 Å². The topological polar surface area (TPSA) is 59.0 Å². The summed E-state index contributed by atoms with van der Waals surface area (Å²) in [6, 6.07) is 2.74. The highest BCUT2D eigenvalue weighted by Crippen LogP contribution is 2.33. The van der Waals surface area contributed by atoms with Gasteiger partial charge in [0.25, 0.3) is 0 Å². The third-order valence-corrected chi connectivity index (χ3v) is 5.02. The Morgan fingerprint density at radius 1 is 1.50 bits per heavy atom. The van der Waals surface area contributed by atoms with Crippen LogP contribution in [0.15, 0.2) is 29.5 Å². The lowest BCUT2D eigenvalue weighted by atomic mass is 10.1. The predicted octanol–water partition coefficient (Wildman–Crippen LogP) is 3.32. The van der Waals surface area contributed by atoms with Gasteiger partial charge in [-0.3, -0.25) is 4.90 Å². The van der Waals surface area contributed by atoms with Gasteiger partial charge in [-0.2, -0.15) is 24.5 Å². The molecule has 2 heterocycles. The van der Waals surface area contributed by atoms with Gasteiger partial charge in [0.15, 0.2) is 0 Å². The van der Waals surface area contributed by atoms with Crippen molar-refractivity contribution in [3.63, 3.8) is 0 Å². The highest BCUT2D eigenvalue weighted by atomic mass is 32.1. The normalized spacial score (nSPS) is 25.9. The molecule has 0 aromatic carbocycles. The Labute approximate surface area is 154 Å². The Balaban J connectivity index is 0.000000298. The molecule has 3 rings (SSSR count). The second-order valence-electron chi connectivity index (χ2n) is 6.05. The van der Waals surface area contributed by atoms with Crippen LogP contribution in [-0.2, 0) is 20.8 Å². The predicted molar refractivity (Wildman–Crippen MR) is 91.1 cm³/mol. The fourth-order valence-corrected chi connectivity index (χ4v) is 3.84. The summed E-state index contributed by atoms with van der Waals surface area (Å²) in [5, 5.41) is 11.5. The van der Waals surface area contributed by atoms with Gasteiger partial charge in [-0.15, -0.1) is 6.58 Å². The Bertz CT molecular complexity index is 579. The fraction of sp³-hybridized carbons (Fsp3) is 0.588. The number of carboxylic acid groups (broad SMARTS) is 1. The number of fused-ring (bicyclic) bond motifs is 1. The molecule has 1 saturated heterocycles. The van der Waals surface area contributed by atoms with E-state index in [1.165, 1.54) is 12.0 Å². The van der Waals surface area contributed by atoms with Crippen molar-refractivity contribution in [2.75, 3.05) is 19.8 Å². The first-order chi connectivity index (χ1) is 12.3. The minimum absolute atomic E-state index is 0.243. The lowest BCUT2D eigenvalue weighted by Gasteiger charge is -2.38. The summed E-state index contributed by atoms with van der Waals surface area (Å²) in [6.07, 6.45) is -0.500. The highest BCUT2D eigenvalue weighted by molar-refractivity contribution is 7.07. The quantitative estimate of drug-likeness (QED) is 0.778. The largest absolute Gasteiger partial charge is 0.490 e. The standard InChI is InChI=1S/C15H21NO2S.C2HF3O2/c1-2-7-17-14-4-3-13-15(14)18-8-6-16(13)10-12-5-9-19-11-12;3-2(4,5)1(6)7/h2,5,9,11,13-15H,1,3-4,6-8,10H2;(H,6,7)/t13-,14+,15+;/m0./s1. The lowest BCUT2D eigenvalue weighted by molar-refractivity contribution is -0.192. The van der Waals surface area contributed by atoms with E-state index in [-0.39, 0.29) is 12.2 Å². The van der Waals surface area contributed by atoms with Crippen molar-refractivity contribution in [2.45, 2.75) is 43.8 Å². The molecule has 0 amide bonds. The van der Waals surface area contributed by atoms with Gasteiger partial charge >= 0.3 is 12.1 Å². The molecule has 2 fully saturated rings. The molecule has 1 aromatic rings. The molecular formula is C17H22F3NO4S. The summed E-state index contributed by atoms with van der Waals surface area (Å²) >= 11 is 1.77. The maximum absolute atomic E-state index is 10.6. The molecule has 3 atom stereocenters. The molecule has 2 aliphatic rings. The number of hydrogen-bond acceptors (Lipinski definition) is 5. The maximum atomic E-state index is 10.6. The van der Waals surface area contributed by atoms with Crippen molar-refractivity contribution >= 4 is 17.3 Å². The average Bonchev–Trinajstić information content (AvgIpc) is 3.23. The number of carboxylic acids is 1. The van der Waals surface area contributed by atoms with Crippen LogP contribution in [0, 0.1) is 0 Å². The number of ether oxygens (including phenoxy) is 2. The number of halogens is 3. The van der Waals surface area contributed by atoms with Gasteiger partial charge in [0, 0.05) is 19.1 Å². The molecule has 9 heteroatoms. The minimum Gasteiger partial charge on any atom is -0.475 e. The molecule has 1 aliphatic heterocycles. The van der Waals surface area contributed by atoms with Crippen molar-refractivity contribution in [3.8, 4) is 0 Å². The smallest absolute Gasteiger partial charge is 0.475 e. The second kappa shape index (κ2) is 9.50. The number of morpholine rings is 1. The molecule has 146 valence electrons. The van der Waals surface area contributed by atoms with E-state index in [0.29, 0.717) is 12.6 Å². The number of alkyl halides is 3. The number of aliphatic carboxylic acids is 1. The van der Waals surface area contributed by atoms with Gasteiger partial charge in [-0.25, -0.2) is 4.79 Å². The van der Waals surface area contributed by atoms with Crippen LogP contribution in [-0.4, -0.2) is 60.2 Å². The van der Waals surface area contributed by atoms with Crippen molar-refractivity contribution in [1.29, 1.82) is 0 Å². The number of carbonyl (C=O) groups is 1. The zero-order chi connectivity index (χ0) is 19.2. The first-order valence-electron chi connectivity index (χ1n) is 8.22. The Morgan fingerprint density at radius 3 is 2.81 bits per heavy atom. The molecule has 5 nitrogen and oxygen atoms in total. The summed E-state index contributed by atoms with van der Waals surface area (Å²) in [5.41, 5.74) is 1.42. The molecule has 26 heavy (non-hydrogen) atoms. The monoisotopic (exact) mass is 393 g/mol. The first kappa shape index (κ1) is 20.9.